The van der Waals surface area contributed by atoms with Gasteiger partial charge < -0.3 is 14.2 Å². The first-order valence-corrected chi connectivity index (χ1v) is 12.2. The molecule has 0 aromatic heterocycles. The zero-order chi connectivity index (χ0) is 24.3. The molecule has 1 unspecified atom stereocenters. The van der Waals surface area contributed by atoms with E-state index in [0.29, 0.717) is 25.4 Å². The van der Waals surface area contributed by atoms with Gasteiger partial charge in [-0.15, -0.1) is 0 Å². The summed E-state index contributed by atoms with van der Waals surface area (Å²) in [6, 6.07) is 23.5. The van der Waals surface area contributed by atoms with E-state index in [4.69, 9.17) is 14.2 Å². The molecule has 0 bridgehead atoms. The van der Waals surface area contributed by atoms with Gasteiger partial charge in [0.2, 0.25) is 0 Å². The van der Waals surface area contributed by atoms with Crippen LogP contribution < -0.4 is 4.74 Å². The van der Waals surface area contributed by atoms with E-state index in [1.54, 1.807) is 6.08 Å². The van der Waals surface area contributed by atoms with Crippen molar-refractivity contribution in [1.29, 1.82) is 0 Å². The van der Waals surface area contributed by atoms with E-state index in [-0.39, 0.29) is 17.6 Å². The first-order valence-electron chi connectivity index (χ1n) is 12.2. The SMILES string of the molecule is O=C(/C=C(/CCCOC1CCCCO1)c1ccccc1)c1cc(F)ccc1OCc1ccccc1. The lowest BCUT2D eigenvalue weighted by atomic mass is 9.97. The fraction of sp³-hybridized carbons (Fsp3) is 0.300. The van der Waals surface area contributed by atoms with Crippen LogP contribution in [0.3, 0.4) is 0 Å². The fourth-order valence-corrected chi connectivity index (χ4v) is 4.06. The predicted octanol–water partition coefficient (Wildman–Crippen LogP) is 6.99. The summed E-state index contributed by atoms with van der Waals surface area (Å²) < 4.78 is 31.5. The fourth-order valence-electron chi connectivity index (χ4n) is 4.06. The van der Waals surface area contributed by atoms with E-state index in [2.05, 4.69) is 0 Å². The predicted molar refractivity (Wildman–Crippen MR) is 135 cm³/mol. The number of allylic oxidation sites excluding steroid dienone is 2. The number of benzene rings is 3. The zero-order valence-corrected chi connectivity index (χ0v) is 19.8. The number of ether oxygens (including phenoxy) is 3. The number of hydrogen-bond donors (Lipinski definition) is 0. The summed E-state index contributed by atoms with van der Waals surface area (Å²) >= 11 is 0. The Morgan fingerprint density at radius 3 is 2.51 bits per heavy atom. The van der Waals surface area contributed by atoms with Crippen molar-refractivity contribution in [3.05, 3.63) is 107 Å². The van der Waals surface area contributed by atoms with Gasteiger partial charge in [-0.1, -0.05) is 60.7 Å². The highest BCUT2D eigenvalue weighted by molar-refractivity contribution is 6.10. The van der Waals surface area contributed by atoms with Crippen molar-refractivity contribution >= 4 is 11.4 Å². The lowest BCUT2D eigenvalue weighted by molar-refractivity contribution is -0.162. The lowest BCUT2D eigenvalue weighted by Gasteiger charge is -2.22. The maximum atomic E-state index is 14.1. The second kappa shape index (κ2) is 13.0. The Labute approximate surface area is 206 Å². The summed E-state index contributed by atoms with van der Waals surface area (Å²) in [6.45, 7) is 1.59. The van der Waals surface area contributed by atoms with Crippen LogP contribution in [0.1, 0.15) is 53.6 Å². The molecule has 182 valence electrons. The molecule has 35 heavy (non-hydrogen) atoms. The largest absolute Gasteiger partial charge is 0.488 e. The van der Waals surface area contributed by atoms with Crippen LogP contribution in [0.15, 0.2) is 84.9 Å². The van der Waals surface area contributed by atoms with Crippen LogP contribution in [0, 0.1) is 5.82 Å². The first-order chi connectivity index (χ1) is 17.2. The molecule has 1 aliphatic rings. The van der Waals surface area contributed by atoms with Gasteiger partial charge in [0.1, 0.15) is 18.2 Å². The minimum atomic E-state index is -0.476. The molecule has 3 aromatic carbocycles. The Morgan fingerprint density at radius 1 is 1.00 bits per heavy atom. The average molecular weight is 475 g/mol. The Balaban J connectivity index is 1.48. The van der Waals surface area contributed by atoms with Gasteiger partial charge in [0.05, 0.1) is 12.2 Å². The highest BCUT2D eigenvalue weighted by atomic mass is 19.1. The minimum absolute atomic E-state index is 0.133. The van der Waals surface area contributed by atoms with Gasteiger partial charge in [0.15, 0.2) is 12.1 Å². The quantitative estimate of drug-likeness (QED) is 0.171. The second-order valence-corrected chi connectivity index (χ2v) is 8.59. The maximum absolute atomic E-state index is 14.1. The molecular weight excluding hydrogens is 443 g/mol. The molecule has 1 heterocycles. The third-order valence-electron chi connectivity index (χ3n) is 5.93. The molecule has 1 saturated heterocycles. The van der Waals surface area contributed by atoms with Crippen molar-refractivity contribution in [2.45, 2.75) is 45.0 Å². The van der Waals surface area contributed by atoms with E-state index in [9.17, 15) is 9.18 Å². The average Bonchev–Trinajstić information content (AvgIpc) is 2.91. The molecule has 0 amide bonds. The molecule has 4 rings (SSSR count). The number of hydrogen-bond acceptors (Lipinski definition) is 4. The Hall–Kier alpha value is -3.28. The van der Waals surface area contributed by atoms with Crippen LogP contribution in [0.25, 0.3) is 5.57 Å². The Morgan fingerprint density at radius 2 is 1.77 bits per heavy atom. The van der Waals surface area contributed by atoms with Crippen molar-refractivity contribution in [3.8, 4) is 5.75 Å². The van der Waals surface area contributed by atoms with Crippen molar-refractivity contribution in [3.63, 3.8) is 0 Å². The Bertz CT molecular complexity index is 1110. The van der Waals surface area contributed by atoms with E-state index in [1.807, 2.05) is 60.7 Å². The zero-order valence-electron chi connectivity index (χ0n) is 19.8. The smallest absolute Gasteiger partial charge is 0.189 e. The number of carbonyl (C=O) groups excluding carboxylic acids is 1. The monoisotopic (exact) mass is 474 g/mol. The summed E-state index contributed by atoms with van der Waals surface area (Å²) in [6.07, 6.45) is 5.98. The van der Waals surface area contributed by atoms with Crippen molar-refractivity contribution in [2.24, 2.45) is 0 Å². The number of carbonyl (C=O) groups is 1. The molecular formula is C30H31FO4. The Kier molecular flexibility index (Phi) is 9.21. The van der Waals surface area contributed by atoms with E-state index < -0.39 is 5.82 Å². The molecule has 3 aromatic rings. The van der Waals surface area contributed by atoms with E-state index >= 15 is 0 Å². The number of halogens is 1. The molecule has 0 spiro atoms. The van der Waals surface area contributed by atoms with Gasteiger partial charge in [-0.25, -0.2) is 4.39 Å². The summed E-state index contributed by atoms with van der Waals surface area (Å²) in [7, 11) is 0. The molecule has 1 atom stereocenters. The molecule has 4 nitrogen and oxygen atoms in total. The van der Waals surface area contributed by atoms with Crippen LogP contribution in [0.2, 0.25) is 0 Å². The highest BCUT2D eigenvalue weighted by Gasteiger charge is 2.16. The van der Waals surface area contributed by atoms with Gasteiger partial charge in [0.25, 0.3) is 0 Å². The molecule has 0 N–H and O–H groups in total. The minimum Gasteiger partial charge on any atom is -0.488 e. The van der Waals surface area contributed by atoms with Gasteiger partial charge in [-0.3, -0.25) is 4.79 Å². The van der Waals surface area contributed by atoms with Crippen molar-refractivity contribution < 1.29 is 23.4 Å². The summed E-state index contributed by atoms with van der Waals surface area (Å²) in [5.74, 6) is -0.402. The van der Waals surface area contributed by atoms with Crippen LogP contribution in [-0.4, -0.2) is 25.3 Å². The summed E-state index contributed by atoms with van der Waals surface area (Å²) in [5.41, 5.74) is 3.01. The molecule has 0 saturated carbocycles. The van der Waals surface area contributed by atoms with Crippen LogP contribution in [0.5, 0.6) is 5.75 Å². The van der Waals surface area contributed by atoms with E-state index in [1.165, 1.54) is 18.2 Å². The number of rotatable bonds is 11. The van der Waals surface area contributed by atoms with Crippen LogP contribution in [0.4, 0.5) is 4.39 Å². The highest BCUT2D eigenvalue weighted by Crippen LogP contribution is 2.26. The molecule has 1 aliphatic heterocycles. The van der Waals surface area contributed by atoms with Gasteiger partial charge in [0, 0.05) is 6.61 Å². The standard InChI is InChI=1S/C30H31FO4/c31-26-16-17-29(35-22-23-10-3-1-4-11-23)27(21-26)28(32)20-25(24-12-5-2-6-13-24)14-9-19-34-30-15-7-8-18-33-30/h1-6,10-13,16-17,20-21,30H,7-9,14-15,18-19,22H2/b25-20-. The molecule has 5 heteroatoms. The third-order valence-corrected chi connectivity index (χ3v) is 5.93. The van der Waals surface area contributed by atoms with Gasteiger partial charge in [-0.2, -0.15) is 0 Å². The normalized spacial score (nSPS) is 16.1. The molecule has 1 fully saturated rings. The summed E-state index contributed by atoms with van der Waals surface area (Å²) in [4.78, 5) is 13.3. The van der Waals surface area contributed by atoms with Crippen LogP contribution >= 0.6 is 0 Å². The topological polar surface area (TPSA) is 44.8 Å². The number of ketones is 1. The maximum Gasteiger partial charge on any atom is 0.189 e. The van der Waals surface area contributed by atoms with Gasteiger partial charge >= 0.3 is 0 Å². The van der Waals surface area contributed by atoms with E-state index in [0.717, 1.165) is 49.0 Å². The summed E-state index contributed by atoms with van der Waals surface area (Å²) in [5, 5.41) is 0. The first kappa shape index (κ1) is 24.8. The third kappa shape index (κ3) is 7.61. The second-order valence-electron chi connectivity index (χ2n) is 8.59. The van der Waals surface area contributed by atoms with Crippen LogP contribution in [-0.2, 0) is 16.1 Å². The van der Waals surface area contributed by atoms with Crippen molar-refractivity contribution in [2.75, 3.05) is 13.2 Å². The molecule has 0 radical (unpaired) electrons. The molecule has 0 aliphatic carbocycles. The van der Waals surface area contributed by atoms with Gasteiger partial charge in [-0.05, 0) is 73.1 Å². The van der Waals surface area contributed by atoms with Crippen molar-refractivity contribution in [1.82, 2.24) is 0 Å². The lowest BCUT2D eigenvalue weighted by Crippen LogP contribution is -2.22.